The Balaban J connectivity index is 1.87. The number of ether oxygens (including phenoxy) is 1. The molecule has 124 valence electrons. The van der Waals surface area contributed by atoms with Crippen molar-refractivity contribution in [1.29, 1.82) is 0 Å². The number of carbonyl (C=O) groups is 2. The first kappa shape index (κ1) is 16.0. The normalized spacial score (nSPS) is 13.4. The number of nitrogen functional groups attached to an aromatic ring is 1. The number of anilines is 1. The van der Waals surface area contributed by atoms with E-state index in [4.69, 9.17) is 10.6 Å². The number of methoxy groups -OCH3 is 1. The second kappa shape index (κ2) is 6.72. The molecule has 0 aliphatic carbocycles. The average Bonchev–Trinajstić information content (AvgIpc) is 2.63. The summed E-state index contributed by atoms with van der Waals surface area (Å²) in [6, 6.07) is 12.8. The molecule has 1 aliphatic heterocycles. The SMILES string of the molecule is COc1ccc2c(c1)N(Cc1ccc(C(=O)NN)cc1)C(=O)CC2. The van der Waals surface area contributed by atoms with Crippen LogP contribution in [0.25, 0.3) is 0 Å². The molecule has 6 nitrogen and oxygen atoms in total. The number of amides is 2. The highest BCUT2D eigenvalue weighted by molar-refractivity contribution is 5.97. The number of aryl methyl sites for hydroxylation is 1. The van der Waals surface area contributed by atoms with E-state index >= 15 is 0 Å². The van der Waals surface area contributed by atoms with E-state index in [1.54, 1.807) is 24.1 Å². The Morgan fingerprint density at radius 2 is 1.96 bits per heavy atom. The van der Waals surface area contributed by atoms with Crippen LogP contribution in [0.4, 0.5) is 5.69 Å². The van der Waals surface area contributed by atoms with Gasteiger partial charge >= 0.3 is 0 Å². The van der Waals surface area contributed by atoms with Gasteiger partial charge in [0.05, 0.1) is 19.3 Å². The van der Waals surface area contributed by atoms with E-state index in [0.717, 1.165) is 29.0 Å². The fraction of sp³-hybridized carbons (Fsp3) is 0.222. The predicted molar refractivity (Wildman–Crippen MR) is 90.6 cm³/mol. The van der Waals surface area contributed by atoms with Crippen LogP contribution < -0.4 is 20.9 Å². The largest absolute Gasteiger partial charge is 0.497 e. The maximum absolute atomic E-state index is 12.4. The maximum atomic E-state index is 12.4. The highest BCUT2D eigenvalue weighted by Gasteiger charge is 2.24. The van der Waals surface area contributed by atoms with Crippen LogP contribution in [0.2, 0.25) is 0 Å². The number of hydrazine groups is 1. The highest BCUT2D eigenvalue weighted by atomic mass is 16.5. The third kappa shape index (κ3) is 3.09. The zero-order chi connectivity index (χ0) is 17.1. The summed E-state index contributed by atoms with van der Waals surface area (Å²) >= 11 is 0. The Kier molecular flexibility index (Phi) is 4.48. The molecule has 24 heavy (non-hydrogen) atoms. The molecule has 0 spiro atoms. The van der Waals surface area contributed by atoms with E-state index in [2.05, 4.69) is 5.43 Å². The topological polar surface area (TPSA) is 84.7 Å². The summed E-state index contributed by atoms with van der Waals surface area (Å²) in [5.41, 5.74) is 5.53. The van der Waals surface area contributed by atoms with E-state index in [-0.39, 0.29) is 11.8 Å². The molecule has 2 aromatic carbocycles. The Bertz CT molecular complexity index is 772. The van der Waals surface area contributed by atoms with Crippen molar-refractivity contribution in [2.45, 2.75) is 19.4 Å². The number of nitrogens with two attached hydrogens (primary N) is 1. The van der Waals surface area contributed by atoms with Gasteiger partial charge in [0.15, 0.2) is 0 Å². The number of nitrogens with zero attached hydrogens (tertiary/aromatic N) is 1. The van der Waals surface area contributed by atoms with E-state index in [1.165, 1.54) is 0 Å². The van der Waals surface area contributed by atoms with Gasteiger partial charge in [-0.2, -0.15) is 0 Å². The first-order chi connectivity index (χ1) is 11.6. The lowest BCUT2D eigenvalue weighted by molar-refractivity contribution is -0.119. The molecule has 0 bridgehead atoms. The van der Waals surface area contributed by atoms with Gasteiger partial charge in [-0.05, 0) is 35.7 Å². The molecule has 1 aliphatic rings. The fourth-order valence-electron chi connectivity index (χ4n) is 2.84. The molecular weight excluding hydrogens is 306 g/mol. The minimum Gasteiger partial charge on any atom is -0.497 e. The smallest absolute Gasteiger partial charge is 0.265 e. The summed E-state index contributed by atoms with van der Waals surface area (Å²) in [6.45, 7) is 0.448. The van der Waals surface area contributed by atoms with Gasteiger partial charge in [0, 0.05) is 18.1 Å². The fourth-order valence-corrected chi connectivity index (χ4v) is 2.84. The van der Waals surface area contributed by atoms with Crippen LogP contribution in [0.3, 0.4) is 0 Å². The van der Waals surface area contributed by atoms with E-state index in [1.807, 2.05) is 30.3 Å². The summed E-state index contributed by atoms with van der Waals surface area (Å²) in [5.74, 6) is 5.59. The second-order valence-electron chi connectivity index (χ2n) is 5.64. The van der Waals surface area contributed by atoms with Crippen LogP contribution in [0, 0.1) is 0 Å². The molecule has 2 aromatic rings. The molecule has 3 rings (SSSR count). The van der Waals surface area contributed by atoms with Crippen LogP contribution in [0.5, 0.6) is 5.75 Å². The molecular formula is C18H19N3O3. The van der Waals surface area contributed by atoms with Gasteiger partial charge in [-0.25, -0.2) is 5.84 Å². The molecule has 0 saturated heterocycles. The zero-order valence-corrected chi connectivity index (χ0v) is 13.4. The predicted octanol–water partition coefficient (Wildman–Crippen LogP) is 1.78. The molecule has 0 atom stereocenters. The molecule has 3 N–H and O–H groups in total. The number of nitrogens with one attached hydrogen (secondary N) is 1. The molecule has 0 radical (unpaired) electrons. The Morgan fingerprint density at radius 1 is 1.21 bits per heavy atom. The van der Waals surface area contributed by atoms with Crippen molar-refractivity contribution >= 4 is 17.5 Å². The Hall–Kier alpha value is -2.86. The van der Waals surface area contributed by atoms with Crippen LogP contribution in [0.1, 0.15) is 27.9 Å². The summed E-state index contributed by atoms with van der Waals surface area (Å²) in [4.78, 5) is 25.6. The quantitative estimate of drug-likeness (QED) is 0.510. The van der Waals surface area contributed by atoms with Crippen LogP contribution in [-0.2, 0) is 17.8 Å². The van der Waals surface area contributed by atoms with Gasteiger partial charge in [-0.1, -0.05) is 18.2 Å². The monoisotopic (exact) mass is 325 g/mol. The maximum Gasteiger partial charge on any atom is 0.265 e. The summed E-state index contributed by atoms with van der Waals surface area (Å²) in [5, 5.41) is 0. The lowest BCUT2D eigenvalue weighted by atomic mass is 10.00. The Morgan fingerprint density at radius 3 is 2.62 bits per heavy atom. The number of hydrogen-bond acceptors (Lipinski definition) is 4. The molecule has 2 amide bonds. The van der Waals surface area contributed by atoms with Crippen LogP contribution in [0.15, 0.2) is 42.5 Å². The average molecular weight is 325 g/mol. The number of hydrogen-bond donors (Lipinski definition) is 2. The lowest BCUT2D eigenvalue weighted by Gasteiger charge is -2.30. The van der Waals surface area contributed by atoms with Crippen LogP contribution in [-0.4, -0.2) is 18.9 Å². The number of carbonyl (C=O) groups excluding carboxylic acids is 2. The van der Waals surface area contributed by atoms with Gasteiger partial charge in [0.1, 0.15) is 5.75 Å². The minimum atomic E-state index is -0.342. The third-order valence-corrected chi connectivity index (χ3v) is 4.18. The van der Waals surface area contributed by atoms with Crippen molar-refractivity contribution in [3.63, 3.8) is 0 Å². The van der Waals surface area contributed by atoms with Gasteiger partial charge in [0.2, 0.25) is 5.91 Å². The van der Waals surface area contributed by atoms with Gasteiger partial charge in [-0.3, -0.25) is 15.0 Å². The lowest BCUT2D eigenvalue weighted by Crippen LogP contribution is -2.34. The van der Waals surface area contributed by atoms with Gasteiger partial charge < -0.3 is 9.64 Å². The van der Waals surface area contributed by atoms with Crippen molar-refractivity contribution < 1.29 is 14.3 Å². The van der Waals surface area contributed by atoms with E-state index in [9.17, 15) is 9.59 Å². The van der Waals surface area contributed by atoms with Crippen LogP contribution >= 0.6 is 0 Å². The molecule has 1 heterocycles. The van der Waals surface area contributed by atoms with Crippen molar-refractivity contribution in [2.75, 3.05) is 12.0 Å². The summed E-state index contributed by atoms with van der Waals surface area (Å²) < 4.78 is 5.27. The molecule has 0 saturated carbocycles. The first-order valence-corrected chi connectivity index (χ1v) is 7.69. The number of rotatable bonds is 4. The standard InChI is InChI=1S/C18H19N3O3/c1-24-15-8-6-13-7-9-17(22)21(16(13)10-15)11-12-2-4-14(5-3-12)18(23)20-19/h2-6,8,10H,7,9,11,19H2,1H3,(H,20,23). The van der Waals surface area contributed by atoms with Crippen molar-refractivity contribution in [1.82, 2.24) is 5.43 Å². The summed E-state index contributed by atoms with van der Waals surface area (Å²) in [6.07, 6.45) is 1.23. The molecule has 0 unspecified atom stereocenters. The Labute approximate surface area is 140 Å². The highest BCUT2D eigenvalue weighted by Crippen LogP contribution is 2.32. The zero-order valence-electron chi connectivity index (χ0n) is 13.4. The van der Waals surface area contributed by atoms with E-state index < -0.39 is 0 Å². The van der Waals surface area contributed by atoms with Crippen molar-refractivity contribution in [3.05, 3.63) is 59.2 Å². The minimum absolute atomic E-state index is 0.0829. The summed E-state index contributed by atoms with van der Waals surface area (Å²) in [7, 11) is 1.61. The molecule has 6 heteroatoms. The molecule has 0 aromatic heterocycles. The molecule has 0 fully saturated rings. The van der Waals surface area contributed by atoms with Crippen molar-refractivity contribution in [3.8, 4) is 5.75 Å². The van der Waals surface area contributed by atoms with E-state index in [0.29, 0.717) is 18.5 Å². The van der Waals surface area contributed by atoms with Crippen molar-refractivity contribution in [2.24, 2.45) is 5.84 Å². The number of benzene rings is 2. The second-order valence-corrected chi connectivity index (χ2v) is 5.64. The first-order valence-electron chi connectivity index (χ1n) is 7.69. The third-order valence-electron chi connectivity index (χ3n) is 4.18. The number of fused-ring (bicyclic) bond motifs is 1. The van der Waals surface area contributed by atoms with Gasteiger partial charge in [0.25, 0.3) is 5.91 Å². The van der Waals surface area contributed by atoms with Gasteiger partial charge in [-0.15, -0.1) is 0 Å².